The van der Waals surface area contributed by atoms with Crippen LogP contribution in [0.1, 0.15) is 43.7 Å². The minimum atomic E-state index is -0.614. The van der Waals surface area contributed by atoms with Crippen LogP contribution in [-0.2, 0) is 0 Å². The van der Waals surface area contributed by atoms with Crippen molar-refractivity contribution in [1.29, 1.82) is 0 Å². The van der Waals surface area contributed by atoms with Gasteiger partial charge < -0.3 is 9.88 Å². The molecular weight excluding hydrogens is 319 g/mol. The van der Waals surface area contributed by atoms with Crippen molar-refractivity contribution < 1.29 is 4.39 Å². The molecule has 1 atom stereocenters. The molecule has 4 heterocycles. The molecular formula is C18H23FN6. The topological polar surface area (TPSA) is 62.1 Å². The molecule has 0 spiro atoms. The fourth-order valence-electron chi connectivity index (χ4n) is 4.63. The van der Waals surface area contributed by atoms with E-state index in [9.17, 15) is 4.39 Å². The first-order chi connectivity index (χ1) is 12.3. The Morgan fingerprint density at radius 3 is 2.88 bits per heavy atom. The Bertz CT molecular complexity index is 878. The van der Waals surface area contributed by atoms with Crippen LogP contribution >= 0.6 is 0 Å². The van der Waals surface area contributed by atoms with Crippen LogP contribution in [0.3, 0.4) is 0 Å². The van der Waals surface area contributed by atoms with Crippen LogP contribution in [0.25, 0.3) is 16.6 Å². The number of hydrogen-bond acceptors (Lipinski definition) is 4. The highest BCUT2D eigenvalue weighted by molar-refractivity contribution is 5.92. The summed E-state index contributed by atoms with van der Waals surface area (Å²) >= 11 is 0. The van der Waals surface area contributed by atoms with E-state index >= 15 is 0 Å². The fourth-order valence-corrected chi connectivity index (χ4v) is 4.63. The van der Waals surface area contributed by atoms with E-state index in [0.29, 0.717) is 24.8 Å². The molecule has 0 amide bonds. The van der Waals surface area contributed by atoms with Gasteiger partial charge >= 0.3 is 0 Å². The number of H-pyrrole nitrogens is 1. The zero-order chi connectivity index (χ0) is 16.8. The molecule has 0 aromatic carbocycles. The maximum atomic E-state index is 13.4. The lowest BCUT2D eigenvalue weighted by Crippen LogP contribution is -2.30. The molecule has 1 saturated carbocycles. The molecule has 0 bridgehead atoms. The van der Waals surface area contributed by atoms with Gasteiger partial charge in [0.1, 0.15) is 23.7 Å². The molecule has 25 heavy (non-hydrogen) atoms. The molecule has 3 aromatic rings. The third kappa shape index (κ3) is 2.70. The van der Waals surface area contributed by atoms with Crippen molar-refractivity contribution in [2.24, 2.45) is 5.92 Å². The van der Waals surface area contributed by atoms with Gasteiger partial charge in [0.05, 0.1) is 5.69 Å². The van der Waals surface area contributed by atoms with Crippen LogP contribution in [0, 0.1) is 5.92 Å². The number of aromatic nitrogens is 5. The van der Waals surface area contributed by atoms with Gasteiger partial charge in [-0.15, -0.1) is 5.10 Å². The van der Waals surface area contributed by atoms with Crippen molar-refractivity contribution in [3.63, 3.8) is 0 Å². The molecule has 1 saturated heterocycles. The van der Waals surface area contributed by atoms with Gasteiger partial charge in [0.15, 0.2) is 0 Å². The number of fused-ring (bicyclic) bond motifs is 3. The van der Waals surface area contributed by atoms with Gasteiger partial charge in [0, 0.05) is 37.1 Å². The first-order valence-electron chi connectivity index (χ1n) is 9.31. The third-order valence-corrected chi connectivity index (χ3v) is 5.96. The lowest BCUT2D eigenvalue weighted by atomic mass is 9.80. The molecule has 1 unspecified atom stereocenters. The Labute approximate surface area is 145 Å². The van der Waals surface area contributed by atoms with E-state index < -0.39 is 6.17 Å². The van der Waals surface area contributed by atoms with E-state index in [1.54, 1.807) is 10.8 Å². The summed E-state index contributed by atoms with van der Waals surface area (Å²) in [5.74, 6) is 1.15. The molecule has 6 nitrogen and oxygen atoms in total. The van der Waals surface area contributed by atoms with Gasteiger partial charge in [0.2, 0.25) is 0 Å². The van der Waals surface area contributed by atoms with Gasteiger partial charge in [0.25, 0.3) is 0 Å². The second kappa shape index (κ2) is 6.05. The zero-order valence-electron chi connectivity index (χ0n) is 14.2. The van der Waals surface area contributed by atoms with Gasteiger partial charge in [-0.2, -0.15) is 0 Å². The molecule has 1 aliphatic carbocycles. The summed E-state index contributed by atoms with van der Waals surface area (Å²) in [4.78, 5) is 9.84. The van der Waals surface area contributed by atoms with E-state index in [0.717, 1.165) is 48.2 Å². The minimum absolute atomic E-state index is 0.460. The number of likely N-dealkylation sites (tertiary alicyclic amines) is 1. The Hall–Kier alpha value is -2.02. The second-order valence-corrected chi connectivity index (χ2v) is 7.62. The summed E-state index contributed by atoms with van der Waals surface area (Å²) in [7, 11) is 0. The Kier molecular flexibility index (Phi) is 3.69. The summed E-state index contributed by atoms with van der Waals surface area (Å²) < 4.78 is 15.2. The van der Waals surface area contributed by atoms with E-state index in [1.807, 2.05) is 6.20 Å². The third-order valence-electron chi connectivity index (χ3n) is 5.96. The van der Waals surface area contributed by atoms with Gasteiger partial charge in [-0.05, 0) is 44.1 Å². The second-order valence-electron chi connectivity index (χ2n) is 7.62. The molecule has 2 fully saturated rings. The van der Waals surface area contributed by atoms with Crippen molar-refractivity contribution in [1.82, 2.24) is 29.7 Å². The minimum Gasteiger partial charge on any atom is -0.346 e. The maximum absolute atomic E-state index is 13.4. The maximum Gasteiger partial charge on any atom is 0.141 e. The zero-order valence-corrected chi connectivity index (χ0v) is 14.2. The lowest BCUT2D eigenvalue weighted by molar-refractivity contribution is 0.210. The highest BCUT2D eigenvalue weighted by Gasteiger charge is 2.29. The number of hydrogen-bond donors (Lipinski definition) is 1. The van der Waals surface area contributed by atoms with Crippen LogP contribution in [0.2, 0.25) is 0 Å². The molecule has 1 aliphatic heterocycles. The molecule has 2 aliphatic rings. The lowest BCUT2D eigenvalue weighted by Gasteiger charge is -2.30. The summed E-state index contributed by atoms with van der Waals surface area (Å²) in [5.41, 5.74) is 3.09. The Morgan fingerprint density at radius 1 is 1.20 bits per heavy atom. The van der Waals surface area contributed by atoms with Gasteiger partial charge in [-0.25, -0.2) is 13.9 Å². The van der Waals surface area contributed by atoms with Crippen molar-refractivity contribution >= 4 is 16.6 Å². The molecule has 7 heteroatoms. The number of aromatic amines is 1. The summed E-state index contributed by atoms with van der Waals surface area (Å²) in [6.45, 7) is 2.62. The predicted molar refractivity (Wildman–Crippen MR) is 93.3 cm³/mol. The van der Waals surface area contributed by atoms with Gasteiger partial charge in [-0.3, -0.25) is 0 Å². The Balaban J connectivity index is 1.32. The monoisotopic (exact) mass is 342 g/mol. The SMILES string of the molecule is FC1CCN(CC2CCC(c3nnn4cnc5[nH]ccc5c34)CC2)C1. The van der Waals surface area contributed by atoms with Crippen molar-refractivity contribution in [3.05, 3.63) is 24.3 Å². The van der Waals surface area contributed by atoms with E-state index in [-0.39, 0.29) is 0 Å². The van der Waals surface area contributed by atoms with Crippen LogP contribution in [0.5, 0.6) is 0 Å². The normalized spacial score (nSPS) is 28.3. The van der Waals surface area contributed by atoms with Gasteiger partial charge in [-0.1, -0.05) is 5.21 Å². The summed E-state index contributed by atoms with van der Waals surface area (Å²) in [5, 5.41) is 9.85. The number of rotatable bonds is 3. The van der Waals surface area contributed by atoms with Crippen molar-refractivity contribution in [2.75, 3.05) is 19.6 Å². The van der Waals surface area contributed by atoms with E-state index in [1.165, 1.54) is 12.8 Å². The number of halogens is 1. The largest absolute Gasteiger partial charge is 0.346 e. The van der Waals surface area contributed by atoms with E-state index in [4.69, 9.17) is 0 Å². The van der Waals surface area contributed by atoms with Crippen LogP contribution < -0.4 is 0 Å². The summed E-state index contributed by atoms with van der Waals surface area (Å²) in [6.07, 6.45) is 8.41. The smallest absolute Gasteiger partial charge is 0.141 e. The highest BCUT2D eigenvalue weighted by Crippen LogP contribution is 2.38. The number of nitrogens with one attached hydrogen (secondary N) is 1. The molecule has 1 N–H and O–H groups in total. The first kappa shape index (κ1) is 15.3. The van der Waals surface area contributed by atoms with Crippen LogP contribution in [-0.4, -0.2) is 55.5 Å². The molecule has 0 radical (unpaired) electrons. The van der Waals surface area contributed by atoms with Crippen molar-refractivity contribution in [2.45, 2.75) is 44.2 Å². The van der Waals surface area contributed by atoms with Crippen molar-refractivity contribution in [3.8, 4) is 0 Å². The molecule has 3 aromatic heterocycles. The van der Waals surface area contributed by atoms with Crippen LogP contribution in [0.15, 0.2) is 18.6 Å². The van der Waals surface area contributed by atoms with Crippen LogP contribution in [0.4, 0.5) is 4.39 Å². The summed E-state index contributed by atoms with van der Waals surface area (Å²) in [6, 6.07) is 2.05. The average molecular weight is 342 g/mol. The number of alkyl halides is 1. The highest BCUT2D eigenvalue weighted by atomic mass is 19.1. The molecule has 132 valence electrons. The first-order valence-corrected chi connectivity index (χ1v) is 9.31. The average Bonchev–Trinajstić information content (AvgIpc) is 3.34. The quantitative estimate of drug-likeness (QED) is 0.795. The number of nitrogens with zero attached hydrogens (tertiary/aromatic N) is 5. The standard InChI is InChI=1S/C18H23FN6/c19-14-6-8-24(10-14)9-12-1-3-13(4-2-12)16-17-15-5-7-20-18(15)21-11-25(17)23-22-16/h5,7,11-14,20H,1-4,6,8-10H2. The molecule has 5 rings (SSSR count). The van der Waals surface area contributed by atoms with E-state index in [2.05, 4.69) is 31.2 Å². The Morgan fingerprint density at radius 2 is 2.08 bits per heavy atom. The fraction of sp³-hybridized carbons (Fsp3) is 0.611. The predicted octanol–water partition coefficient (Wildman–Crippen LogP) is 2.92.